The van der Waals surface area contributed by atoms with Crippen LogP contribution in [0.1, 0.15) is 24.8 Å². The van der Waals surface area contributed by atoms with Gasteiger partial charge in [0, 0.05) is 30.6 Å². The minimum Gasteiger partial charge on any atom is -0.381 e. The molecule has 1 aromatic carbocycles. The van der Waals surface area contributed by atoms with Gasteiger partial charge in [-0.15, -0.1) is 0 Å². The van der Waals surface area contributed by atoms with Crippen LogP contribution < -0.4 is 5.32 Å². The lowest BCUT2D eigenvalue weighted by Gasteiger charge is -2.37. The summed E-state index contributed by atoms with van der Waals surface area (Å²) >= 11 is 0. The molecule has 0 atom stereocenters. The summed E-state index contributed by atoms with van der Waals surface area (Å²) in [7, 11) is 0. The number of rotatable bonds is 0. The fourth-order valence-electron chi connectivity index (χ4n) is 3.30. The molecule has 3 nitrogen and oxygen atoms in total. The van der Waals surface area contributed by atoms with Crippen molar-refractivity contribution in [3.63, 3.8) is 0 Å². The number of ether oxygens (including phenoxy) is 2. The first-order valence-corrected chi connectivity index (χ1v) is 6.68. The van der Waals surface area contributed by atoms with Crippen molar-refractivity contribution in [2.24, 2.45) is 0 Å². The topological polar surface area (TPSA) is 30.5 Å². The largest absolute Gasteiger partial charge is 0.381 e. The van der Waals surface area contributed by atoms with Crippen molar-refractivity contribution < 1.29 is 9.47 Å². The van der Waals surface area contributed by atoms with E-state index in [9.17, 15) is 0 Å². The summed E-state index contributed by atoms with van der Waals surface area (Å²) in [5, 5.41) is 3.50. The highest BCUT2D eigenvalue weighted by Crippen LogP contribution is 2.45. The number of hydrogen-bond acceptors (Lipinski definition) is 3. The number of hydrogen-bond donors (Lipinski definition) is 1. The summed E-state index contributed by atoms with van der Waals surface area (Å²) in [6.07, 6.45) is 2.98. The van der Waals surface area contributed by atoms with Crippen LogP contribution in [0.15, 0.2) is 29.8 Å². The number of benzene rings is 1. The van der Waals surface area contributed by atoms with Gasteiger partial charge in [-0.3, -0.25) is 0 Å². The van der Waals surface area contributed by atoms with Gasteiger partial charge in [-0.25, -0.2) is 0 Å². The Kier molecular flexibility index (Phi) is 2.26. The Morgan fingerprint density at radius 3 is 2.83 bits per heavy atom. The lowest BCUT2D eigenvalue weighted by Crippen LogP contribution is -2.35. The van der Waals surface area contributed by atoms with E-state index in [1.807, 2.05) is 0 Å². The minimum absolute atomic E-state index is 0.330. The molecule has 0 aromatic heterocycles. The summed E-state index contributed by atoms with van der Waals surface area (Å²) in [6.45, 7) is 2.45. The van der Waals surface area contributed by atoms with Crippen molar-refractivity contribution in [1.29, 1.82) is 0 Å². The van der Waals surface area contributed by atoms with Gasteiger partial charge in [-0.2, -0.15) is 0 Å². The fourth-order valence-corrected chi connectivity index (χ4v) is 3.30. The van der Waals surface area contributed by atoms with Crippen LogP contribution in [0.2, 0.25) is 0 Å². The normalized spacial score (nSPS) is 24.7. The number of anilines is 1. The molecule has 1 aliphatic carbocycles. The number of nitrogens with one attached hydrogen (secondary N) is 1. The van der Waals surface area contributed by atoms with Crippen LogP contribution >= 0.6 is 0 Å². The summed E-state index contributed by atoms with van der Waals surface area (Å²) < 4.78 is 11.7. The van der Waals surface area contributed by atoms with Crippen LogP contribution in [0.3, 0.4) is 0 Å². The molecule has 0 unspecified atom stereocenters. The third kappa shape index (κ3) is 1.51. The molecule has 1 spiro atoms. The van der Waals surface area contributed by atoms with E-state index in [1.165, 1.54) is 22.4 Å². The molecule has 4 rings (SSSR count). The summed E-state index contributed by atoms with van der Waals surface area (Å²) in [4.78, 5) is 0. The average molecular weight is 243 g/mol. The third-order valence-corrected chi connectivity index (χ3v) is 4.24. The molecule has 0 amide bonds. The van der Waals surface area contributed by atoms with Crippen LogP contribution in [0.25, 0.3) is 5.57 Å². The van der Waals surface area contributed by atoms with Gasteiger partial charge in [-0.05, 0) is 23.6 Å². The molecule has 0 radical (unpaired) electrons. The number of fused-ring (bicyclic) bond motifs is 2. The molecular weight excluding hydrogens is 226 g/mol. The van der Waals surface area contributed by atoms with E-state index in [-0.39, 0.29) is 5.79 Å². The van der Waals surface area contributed by atoms with Crippen LogP contribution in [-0.2, 0) is 9.47 Å². The quantitative estimate of drug-likeness (QED) is 0.760. The van der Waals surface area contributed by atoms with E-state index < -0.39 is 0 Å². The molecule has 1 saturated heterocycles. The van der Waals surface area contributed by atoms with E-state index in [1.54, 1.807) is 0 Å². The minimum atomic E-state index is -0.330. The fraction of sp³-hybridized carbons (Fsp3) is 0.467. The predicted molar refractivity (Wildman–Crippen MR) is 70.3 cm³/mol. The van der Waals surface area contributed by atoms with Gasteiger partial charge < -0.3 is 14.8 Å². The molecule has 1 aromatic rings. The van der Waals surface area contributed by atoms with Crippen molar-refractivity contribution in [2.45, 2.75) is 25.0 Å². The third-order valence-electron chi connectivity index (χ3n) is 4.24. The highest BCUT2D eigenvalue weighted by molar-refractivity contribution is 5.82. The van der Waals surface area contributed by atoms with Crippen molar-refractivity contribution in [2.75, 3.05) is 25.1 Å². The Hall–Kier alpha value is -1.32. The zero-order valence-corrected chi connectivity index (χ0v) is 10.4. The molecule has 18 heavy (non-hydrogen) atoms. The van der Waals surface area contributed by atoms with E-state index in [0.717, 1.165) is 39.0 Å². The van der Waals surface area contributed by atoms with Crippen molar-refractivity contribution in [1.82, 2.24) is 0 Å². The first kappa shape index (κ1) is 10.6. The first-order chi connectivity index (χ1) is 8.86. The zero-order valence-electron chi connectivity index (χ0n) is 10.4. The lowest BCUT2D eigenvalue weighted by atomic mass is 9.81. The van der Waals surface area contributed by atoms with E-state index in [4.69, 9.17) is 9.47 Å². The first-order valence-electron chi connectivity index (χ1n) is 6.68. The van der Waals surface area contributed by atoms with Crippen LogP contribution in [-0.4, -0.2) is 25.5 Å². The van der Waals surface area contributed by atoms with Crippen LogP contribution in [0.5, 0.6) is 0 Å². The van der Waals surface area contributed by atoms with E-state index >= 15 is 0 Å². The van der Waals surface area contributed by atoms with Gasteiger partial charge in [-0.1, -0.05) is 18.2 Å². The molecule has 2 heterocycles. The molecule has 94 valence electrons. The monoisotopic (exact) mass is 243 g/mol. The molecule has 0 saturated carbocycles. The molecule has 3 heteroatoms. The molecule has 1 fully saturated rings. The van der Waals surface area contributed by atoms with E-state index in [0.29, 0.717) is 0 Å². The second kappa shape index (κ2) is 3.84. The summed E-state index contributed by atoms with van der Waals surface area (Å²) in [5.41, 5.74) is 5.54. The molecule has 1 N–H and O–H groups in total. The van der Waals surface area contributed by atoms with Gasteiger partial charge in [0.1, 0.15) is 0 Å². The Morgan fingerprint density at radius 1 is 1.11 bits per heavy atom. The molecule has 2 aliphatic heterocycles. The smallest absolute Gasteiger partial charge is 0.172 e. The average Bonchev–Trinajstić information content (AvgIpc) is 2.87. The maximum absolute atomic E-state index is 5.87. The standard InChI is InChI=1S/C15H17NO2/c1-2-4-14-12(3-1)13-9-15(17-7-8-18-15)6-5-11(13)10-16-14/h1-4,16H,5-10H2. The summed E-state index contributed by atoms with van der Waals surface area (Å²) in [5.74, 6) is -0.330. The van der Waals surface area contributed by atoms with Crippen molar-refractivity contribution in [3.05, 3.63) is 35.4 Å². The Labute approximate surface area is 107 Å². The maximum atomic E-state index is 5.87. The second-order valence-corrected chi connectivity index (χ2v) is 5.27. The van der Waals surface area contributed by atoms with Crippen LogP contribution in [0, 0.1) is 0 Å². The van der Waals surface area contributed by atoms with E-state index in [2.05, 4.69) is 29.6 Å². The SMILES string of the molecule is c1ccc2c(c1)NCC1=C2CC2(CC1)OCCO2. The summed E-state index contributed by atoms with van der Waals surface area (Å²) in [6, 6.07) is 8.54. The lowest BCUT2D eigenvalue weighted by molar-refractivity contribution is -0.159. The van der Waals surface area contributed by atoms with Gasteiger partial charge >= 0.3 is 0 Å². The second-order valence-electron chi connectivity index (χ2n) is 5.27. The Bertz CT molecular complexity index is 515. The highest BCUT2D eigenvalue weighted by atomic mass is 16.7. The zero-order chi connectivity index (χ0) is 12.0. The maximum Gasteiger partial charge on any atom is 0.172 e. The van der Waals surface area contributed by atoms with Gasteiger partial charge in [0.25, 0.3) is 0 Å². The Morgan fingerprint density at radius 2 is 1.94 bits per heavy atom. The van der Waals surface area contributed by atoms with Crippen molar-refractivity contribution in [3.8, 4) is 0 Å². The molecular formula is C15H17NO2. The number of para-hydroxylation sites is 1. The van der Waals surface area contributed by atoms with Crippen LogP contribution in [0.4, 0.5) is 5.69 Å². The highest BCUT2D eigenvalue weighted by Gasteiger charge is 2.41. The molecule has 0 bridgehead atoms. The van der Waals surface area contributed by atoms with Gasteiger partial charge in [0.05, 0.1) is 13.2 Å². The Balaban J connectivity index is 1.76. The van der Waals surface area contributed by atoms with Crippen molar-refractivity contribution >= 4 is 11.3 Å². The predicted octanol–water partition coefficient (Wildman–Crippen LogP) is 2.79. The molecule has 3 aliphatic rings. The van der Waals surface area contributed by atoms with Gasteiger partial charge in [0.2, 0.25) is 0 Å². The van der Waals surface area contributed by atoms with Gasteiger partial charge in [0.15, 0.2) is 5.79 Å².